The molecule has 3 aliphatic rings. The van der Waals surface area contributed by atoms with E-state index in [-0.39, 0.29) is 78.1 Å². The molecule has 0 saturated carbocycles. The van der Waals surface area contributed by atoms with E-state index in [9.17, 15) is 51.0 Å². The minimum Gasteiger partial charge on any atom is -0.456 e. The fourth-order valence-corrected chi connectivity index (χ4v) is 17.4. The zero-order valence-electron chi connectivity index (χ0n) is 75.4. The fraction of sp³-hybridized carbons (Fsp3) is 0.255. The van der Waals surface area contributed by atoms with E-state index < -0.39 is 70.1 Å². The molecule has 0 unspecified atom stereocenters. The second-order valence-corrected chi connectivity index (χ2v) is 39.4. The number of aryl methyl sites for hydroxylation is 5. The number of halogens is 10. The Hall–Kier alpha value is -10.7. The summed E-state index contributed by atoms with van der Waals surface area (Å²) in [5.41, 5.74) is 9.40. The predicted octanol–water partition coefficient (Wildman–Crippen LogP) is 19.0. The maximum absolute atomic E-state index is 14.5. The molecule has 43 heteroatoms. The smallest absolute Gasteiger partial charge is 0.343 e. The average molecular weight is 2460 g/mol. The standard InChI is InChI=1S/C21H22FIN4O4.C21H22FIN4O3.C19H19FIN3O2.C18H16FIN4O2.C15H12FIN4O2.H2S/c1-21(2)29-10-13(31-21)11-30-26-20(28)17-14-5-4-8-24-18(14)27(3)19(17)25-16-7-6-12(23)9-15(16)22;1-21(2)29-11-13(30-21)10-25-20(28)17-14-5-4-8-24-18(14)27(3)19(17)26-16-7-6-12(23)9-15(16)22;1-19(2,3)26-18(25)15-12-6-5-9-22-16(12)24(4)17(15)23-14-8-7-11(21)10-13(14)20;1-23-16-12(3-2-6-21-16)15(18(26)24-8-11(25)9-24)17(23)22-14-5-4-10(20)7-13(14)19;1-21-13-9(3-2-6-18-13)12(15(22)20-23)14(21)19-11-5-4-8(17)7-10(11)16;/h4-9,13,25H,10-11H2,1-3H3,(H,26,28);4-9,13,26H,10-11H2,1-3H3,(H,25,28);5-10,23H,1-4H3;2-7,11,22,25H,8-9H2,1H3;2-7,19,23H,1H3,(H,20,22);1H2/t2*13-;;;;/m10..../s1. The van der Waals surface area contributed by atoms with Gasteiger partial charge in [-0.25, -0.2) is 62.6 Å². The largest absolute Gasteiger partial charge is 0.456 e. The number of rotatable bonds is 20. The third kappa shape index (κ3) is 24.1. The number of anilines is 10. The van der Waals surface area contributed by atoms with Crippen LogP contribution in [-0.2, 0) is 63.8 Å². The molecular formula is C94H93F5I5N19O13S. The lowest BCUT2D eigenvalue weighted by atomic mass is 10.1. The third-order valence-corrected chi connectivity index (χ3v) is 24.8. The van der Waals surface area contributed by atoms with Gasteiger partial charge in [-0.15, -0.1) is 0 Å². The van der Waals surface area contributed by atoms with Crippen LogP contribution in [0.2, 0.25) is 0 Å². The van der Waals surface area contributed by atoms with E-state index >= 15 is 0 Å². The molecule has 0 aliphatic carbocycles. The number of nitrogens with one attached hydrogen (secondary N) is 8. The van der Waals surface area contributed by atoms with Crippen molar-refractivity contribution in [3.8, 4) is 0 Å². The van der Waals surface area contributed by atoms with Crippen LogP contribution in [0.1, 0.15) is 100 Å². The molecule has 0 spiro atoms. The number of likely N-dealkylation sites (tertiary alicyclic amines) is 1. The number of esters is 1. The highest BCUT2D eigenvalue weighted by Crippen LogP contribution is 2.40. The Morgan fingerprint density at radius 2 is 0.730 bits per heavy atom. The molecule has 3 aliphatic heterocycles. The summed E-state index contributed by atoms with van der Waals surface area (Å²) in [4.78, 5) is 92.7. The number of pyridine rings is 5. The van der Waals surface area contributed by atoms with Crippen LogP contribution in [0.5, 0.6) is 0 Å². The summed E-state index contributed by atoms with van der Waals surface area (Å²) in [6.07, 6.45) is 7.18. The quantitative estimate of drug-likeness (QED) is 0.0111. The Labute approximate surface area is 857 Å². The molecule has 4 amide bonds. The Morgan fingerprint density at radius 1 is 0.438 bits per heavy atom. The molecule has 10 N–H and O–H groups in total. The van der Waals surface area contributed by atoms with Gasteiger partial charge in [-0.1, -0.05) is 0 Å². The number of hydrogen-bond acceptors (Lipinski definition) is 23. The number of hydroxylamine groups is 2. The monoisotopic (exact) mass is 2460 g/mol. The molecule has 3 fully saturated rings. The number of aliphatic hydroxyl groups is 1. The van der Waals surface area contributed by atoms with Crippen LogP contribution in [-0.4, -0.2) is 168 Å². The van der Waals surface area contributed by atoms with Gasteiger partial charge in [0.15, 0.2) is 11.6 Å². The van der Waals surface area contributed by atoms with Crippen molar-refractivity contribution in [1.29, 1.82) is 0 Å². The van der Waals surface area contributed by atoms with Crippen molar-refractivity contribution in [2.45, 2.75) is 84.0 Å². The number of ether oxygens (including phenoxy) is 5. The molecule has 137 heavy (non-hydrogen) atoms. The predicted molar refractivity (Wildman–Crippen MR) is 558 cm³/mol. The molecule has 0 radical (unpaired) electrons. The van der Waals surface area contributed by atoms with E-state index in [1.54, 1.807) is 229 Å². The van der Waals surface area contributed by atoms with Gasteiger partial charge in [-0.05, 0) is 313 Å². The number of amides is 4. The molecule has 18 rings (SSSR count). The highest BCUT2D eigenvalue weighted by atomic mass is 127. The first-order valence-electron chi connectivity index (χ1n) is 41.9. The number of hydrogen-bond donors (Lipinski definition) is 10. The number of nitrogens with zero attached hydrogens (tertiary/aromatic N) is 11. The van der Waals surface area contributed by atoms with E-state index in [0.29, 0.717) is 139 Å². The molecule has 13 heterocycles. The summed E-state index contributed by atoms with van der Waals surface area (Å²) >= 11 is 10.2. The van der Waals surface area contributed by atoms with Gasteiger partial charge in [0.25, 0.3) is 23.6 Å². The molecule has 2 atom stereocenters. The van der Waals surface area contributed by atoms with Gasteiger partial charge >= 0.3 is 5.97 Å². The molecule has 0 bridgehead atoms. The van der Waals surface area contributed by atoms with Gasteiger partial charge in [-0.2, -0.15) is 13.5 Å². The summed E-state index contributed by atoms with van der Waals surface area (Å²) < 4.78 is 112. The number of β-amino-alcohol motifs (C(OH)–C–C–N with tert-alkyl or cyclic N) is 1. The zero-order valence-corrected chi connectivity index (χ0v) is 87.2. The molecule has 15 aromatic rings. The Balaban J connectivity index is 0.000000145. The van der Waals surface area contributed by atoms with Crippen LogP contribution >= 0.6 is 126 Å². The maximum atomic E-state index is 14.5. The van der Waals surface area contributed by atoms with E-state index in [0.717, 1.165) is 17.9 Å². The number of carbonyl (C=O) groups excluding carboxylic acids is 5. The summed E-state index contributed by atoms with van der Waals surface area (Å²) in [7, 11) is 8.80. The SMILES string of the molecule is Cn1c(Nc2ccc(I)cc2F)c(C(=O)N2CC(O)C2)c2cccnc21.Cn1c(Nc2ccc(I)cc2F)c(C(=O)NC[C@H]2COC(C)(C)O2)c2cccnc21.Cn1c(Nc2ccc(I)cc2F)c(C(=O)NO)c2cccnc21.Cn1c(Nc2ccc(I)cc2F)c(C(=O)NOC[C@H]2COC(C)(C)O2)c2cccnc21.Cn1c(Nc2ccc(I)cc2F)c(C(=O)OC(C)(C)C)c2cccnc21.S. The minimum atomic E-state index is -0.697. The fourth-order valence-electron chi connectivity index (χ4n) is 15.2. The van der Waals surface area contributed by atoms with Gasteiger partial charge in [0, 0.05) is 131 Å². The number of benzene rings is 5. The highest BCUT2D eigenvalue weighted by Gasteiger charge is 2.38. The lowest BCUT2D eigenvalue weighted by Gasteiger charge is -2.36. The molecule has 3 saturated heterocycles. The van der Waals surface area contributed by atoms with E-state index in [2.05, 4.69) is 84.9 Å². The van der Waals surface area contributed by atoms with Crippen LogP contribution in [0.4, 0.5) is 79.5 Å². The lowest BCUT2D eigenvalue weighted by molar-refractivity contribution is -0.147. The number of fused-ring (bicyclic) bond motifs is 5. The second-order valence-electron chi connectivity index (χ2n) is 33.2. The number of carbonyl (C=O) groups is 5. The summed E-state index contributed by atoms with van der Waals surface area (Å²) in [5, 5.41) is 39.7. The average Bonchev–Trinajstić information content (AvgIpc) is 1.61. The van der Waals surface area contributed by atoms with Crippen molar-refractivity contribution in [1.82, 2.24) is 68.9 Å². The maximum Gasteiger partial charge on any atom is 0.343 e. The van der Waals surface area contributed by atoms with Crippen molar-refractivity contribution in [3.05, 3.63) is 257 Å². The van der Waals surface area contributed by atoms with E-state index in [1.807, 2.05) is 130 Å². The Morgan fingerprint density at radius 3 is 1.03 bits per heavy atom. The summed E-state index contributed by atoms with van der Waals surface area (Å²) in [5.74, 6) is -3.43. The van der Waals surface area contributed by atoms with Gasteiger partial charge in [-0.3, -0.25) is 29.2 Å². The molecule has 10 aromatic heterocycles. The van der Waals surface area contributed by atoms with Crippen LogP contribution in [0, 0.1) is 46.9 Å². The number of aliphatic hydroxyl groups excluding tert-OH is 1. The van der Waals surface area contributed by atoms with Crippen molar-refractivity contribution in [2.24, 2.45) is 35.2 Å². The number of aromatic nitrogens is 10. The van der Waals surface area contributed by atoms with E-state index in [4.69, 9.17) is 33.7 Å². The first kappa shape index (κ1) is 104. The van der Waals surface area contributed by atoms with Crippen LogP contribution in [0.25, 0.3) is 55.2 Å². The van der Waals surface area contributed by atoms with Crippen molar-refractivity contribution in [3.63, 3.8) is 0 Å². The van der Waals surface area contributed by atoms with Crippen molar-refractivity contribution >= 4 is 269 Å². The first-order chi connectivity index (χ1) is 64.6. The normalized spacial score (nSPS) is 14.7. The topological polar surface area (TPSA) is 370 Å². The minimum absolute atomic E-state index is 0. The Bertz CT molecular complexity index is 7090. The van der Waals surface area contributed by atoms with Crippen LogP contribution in [0.15, 0.2) is 183 Å². The third-order valence-electron chi connectivity index (χ3n) is 21.5. The zero-order chi connectivity index (χ0) is 97.7. The van der Waals surface area contributed by atoms with Crippen LogP contribution < -0.4 is 42.9 Å². The van der Waals surface area contributed by atoms with Gasteiger partial charge < -0.3 is 88.4 Å². The molecular weight excluding hydrogens is 2360 g/mol. The first-order valence-corrected chi connectivity index (χ1v) is 47.3. The molecule has 5 aromatic carbocycles. The molecule has 32 nitrogen and oxygen atoms in total. The second kappa shape index (κ2) is 44.2. The van der Waals surface area contributed by atoms with Crippen LogP contribution in [0.3, 0.4) is 0 Å². The lowest BCUT2D eigenvalue weighted by Crippen LogP contribution is -2.53. The van der Waals surface area contributed by atoms with Crippen molar-refractivity contribution < 1.29 is 84.8 Å². The highest BCUT2D eigenvalue weighted by molar-refractivity contribution is 14.1. The molecule has 718 valence electrons. The summed E-state index contributed by atoms with van der Waals surface area (Å²) in [6, 6.07) is 41.8. The van der Waals surface area contributed by atoms with Crippen molar-refractivity contribution in [2.75, 3.05) is 66.0 Å². The van der Waals surface area contributed by atoms with Gasteiger partial charge in [0.2, 0.25) is 0 Å². The van der Waals surface area contributed by atoms with Gasteiger partial charge in [0.05, 0.1) is 70.0 Å². The Kier molecular flexibility index (Phi) is 33.4. The van der Waals surface area contributed by atoms with E-state index in [1.165, 1.54) is 30.3 Å². The van der Waals surface area contributed by atoms with Gasteiger partial charge in [0.1, 0.15) is 116 Å². The summed E-state index contributed by atoms with van der Waals surface area (Å²) in [6.45, 7) is 14.5.